The average molecular weight is 508 g/mol. The highest BCUT2D eigenvalue weighted by molar-refractivity contribution is 7.89. The van der Waals surface area contributed by atoms with Crippen molar-refractivity contribution in [1.82, 2.24) is 9.62 Å². The molecule has 0 saturated carbocycles. The lowest BCUT2D eigenvalue weighted by molar-refractivity contribution is 0.248. The highest BCUT2D eigenvalue weighted by Gasteiger charge is 2.21. The van der Waals surface area contributed by atoms with E-state index in [4.69, 9.17) is 44.3 Å². The van der Waals surface area contributed by atoms with Crippen molar-refractivity contribution in [2.45, 2.75) is 30.7 Å². The highest BCUT2D eigenvalue weighted by Crippen LogP contribution is 2.35. The largest absolute Gasteiger partial charge is 0.493 e. The van der Waals surface area contributed by atoms with E-state index in [0.717, 1.165) is 44.0 Å². The average Bonchev–Trinajstić information content (AvgIpc) is 2.75. The van der Waals surface area contributed by atoms with Crippen LogP contribution in [0.25, 0.3) is 0 Å². The normalized spacial score (nSPS) is 14.4. The Morgan fingerprint density at radius 3 is 2.35 bits per heavy atom. The van der Waals surface area contributed by atoms with Gasteiger partial charge in [-0.05, 0) is 61.2 Å². The summed E-state index contributed by atoms with van der Waals surface area (Å²) in [7, 11) is -0.476. The number of hydrogen-bond acceptors (Lipinski definition) is 5. The molecule has 1 aliphatic rings. The lowest BCUT2D eigenvalue weighted by Gasteiger charge is -2.29. The third kappa shape index (κ3) is 5.78. The van der Waals surface area contributed by atoms with Gasteiger partial charge in [0.05, 0.1) is 29.3 Å². The summed E-state index contributed by atoms with van der Waals surface area (Å²) in [5, 5.41) is 0.177. The maximum absolute atomic E-state index is 12.5. The van der Waals surface area contributed by atoms with Crippen molar-refractivity contribution < 1.29 is 17.9 Å². The molecule has 10 heteroatoms. The number of sulfonamides is 1. The van der Waals surface area contributed by atoms with Crippen LogP contribution in [0, 0.1) is 0 Å². The van der Waals surface area contributed by atoms with E-state index in [0.29, 0.717) is 13.0 Å². The summed E-state index contributed by atoms with van der Waals surface area (Å²) in [4.78, 5) is 2.29. The molecule has 0 amide bonds. The van der Waals surface area contributed by atoms with Gasteiger partial charge < -0.3 is 9.47 Å². The Morgan fingerprint density at radius 1 is 1.00 bits per heavy atom. The van der Waals surface area contributed by atoms with E-state index in [9.17, 15) is 8.42 Å². The van der Waals surface area contributed by atoms with Crippen LogP contribution in [0.1, 0.15) is 24.0 Å². The smallest absolute Gasteiger partial charge is 0.242 e. The SMILES string of the molecule is COc1cc2c(cc1OC)CN(CCCCNS(=O)(=O)c1ccc(Cl)c(Cl)c1Cl)CC2. The topological polar surface area (TPSA) is 67.9 Å². The molecule has 2 aromatic rings. The zero-order chi connectivity index (χ0) is 22.6. The Bertz CT molecular complexity index is 1050. The molecule has 0 saturated heterocycles. The third-order valence-corrected chi connectivity index (χ3v) is 8.19. The monoisotopic (exact) mass is 506 g/mol. The summed E-state index contributed by atoms with van der Waals surface area (Å²) in [5.74, 6) is 1.49. The maximum atomic E-state index is 12.5. The quantitative estimate of drug-likeness (QED) is 0.391. The number of fused-ring (bicyclic) bond motifs is 1. The van der Waals surface area contributed by atoms with Gasteiger partial charge in [-0.2, -0.15) is 0 Å². The van der Waals surface area contributed by atoms with Gasteiger partial charge in [0.2, 0.25) is 10.0 Å². The highest BCUT2D eigenvalue weighted by atomic mass is 35.5. The minimum atomic E-state index is -3.75. The molecule has 0 atom stereocenters. The minimum Gasteiger partial charge on any atom is -0.493 e. The molecule has 0 aromatic heterocycles. The van der Waals surface area contributed by atoms with Crippen LogP contribution in [-0.4, -0.2) is 47.2 Å². The first-order valence-corrected chi connectivity index (χ1v) is 12.5. The molecule has 0 fully saturated rings. The van der Waals surface area contributed by atoms with Crippen LogP contribution < -0.4 is 14.2 Å². The van der Waals surface area contributed by atoms with Crippen LogP contribution in [0.4, 0.5) is 0 Å². The van der Waals surface area contributed by atoms with Crippen LogP contribution in [0.15, 0.2) is 29.2 Å². The van der Waals surface area contributed by atoms with Crippen LogP contribution >= 0.6 is 34.8 Å². The van der Waals surface area contributed by atoms with E-state index in [-0.39, 0.29) is 20.0 Å². The van der Waals surface area contributed by atoms with Crippen molar-refractivity contribution in [1.29, 1.82) is 0 Å². The number of unbranched alkanes of at least 4 members (excludes halogenated alkanes) is 1. The molecule has 0 unspecified atom stereocenters. The number of ether oxygens (including phenoxy) is 2. The van der Waals surface area contributed by atoms with E-state index in [1.165, 1.54) is 23.3 Å². The van der Waals surface area contributed by atoms with Crippen LogP contribution in [0.3, 0.4) is 0 Å². The number of nitrogens with one attached hydrogen (secondary N) is 1. The van der Waals surface area contributed by atoms with Crippen molar-refractivity contribution in [3.63, 3.8) is 0 Å². The van der Waals surface area contributed by atoms with E-state index in [1.54, 1.807) is 14.2 Å². The van der Waals surface area contributed by atoms with Crippen molar-refractivity contribution in [2.24, 2.45) is 0 Å². The molecule has 0 aliphatic carbocycles. The van der Waals surface area contributed by atoms with E-state index in [2.05, 4.69) is 15.7 Å². The van der Waals surface area contributed by atoms with Crippen LogP contribution in [0.5, 0.6) is 11.5 Å². The molecular weight excluding hydrogens is 483 g/mol. The fourth-order valence-corrected chi connectivity index (χ4v) is 5.64. The van der Waals surface area contributed by atoms with Gasteiger partial charge in [-0.1, -0.05) is 34.8 Å². The molecule has 2 aromatic carbocycles. The predicted molar refractivity (Wildman–Crippen MR) is 124 cm³/mol. The fourth-order valence-electron chi connectivity index (χ4n) is 3.59. The Labute approximate surface area is 198 Å². The van der Waals surface area contributed by atoms with E-state index < -0.39 is 10.0 Å². The van der Waals surface area contributed by atoms with Gasteiger partial charge in [0.1, 0.15) is 4.90 Å². The fraction of sp³-hybridized carbons (Fsp3) is 0.429. The molecule has 0 bridgehead atoms. The molecular formula is C21H25Cl3N2O4S. The third-order valence-electron chi connectivity index (χ3n) is 5.28. The molecule has 1 heterocycles. The summed E-state index contributed by atoms with van der Waals surface area (Å²) in [6, 6.07) is 6.86. The summed E-state index contributed by atoms with van der Waals surface area (Å²) in [6.45, 7) is 2.98. The molecule has 3 rings (SSSR count). The summed E-state index contributed by atoms with van der Waals surface area (Å²) < 4.78 is 38.4. The van der Waals surface area contributed by atoms with Gasteiger partial charge in [0.25, 0.3) is 0 Å². The molecule has 6 nitrogen and oxygen atoms in total. The molecule has 170 valence electrons. The van der Waals surface area contributed by atoms with Gasteiger partial charge in [0.15, 0.2) is 11.5 Å². The lowest BCUT2D eigenvalue weighted by Crippen LogP contribution is -2.32. The second-order valence-electron chi connectivity index (χ2n) is 7.28. The Morgan fingerprint density at radius 2 is 1.68 bits per heavy atom. The van der Waals surface area contributed by atoms with Crippen molar-refractivity contribution in [3.05, 3.63) is 50.5 Å². The minimum absolute atomic E-state index is 0.0332. The number of hydrogen-bond donors (Lipinski definition) is 1. The standard InChI is InChI=1S/C21H25Cl3N2O4S/c1-29-17-11-14-7-10-26(13-15(14)12-18(17)30-2)9-4-3-8-25-31(27,28)19-6-5-16(22)20(23)21(19)24/h5-6,11-12,25H,3-4,7-10,13H2,1-2H3. The zero-order valence-electron chi connectivity index (χ0n) is 17.4. The molecule has 1 aliphatic heterocycles. The van der Waals surface area contributed by atoms with Crippen molar-refractivity contribution in [2.75, 3.05) is 33.9 Å². The first kappa shape index (κ1) is 24.4. The van der Waals surface area contributed by atoms with Gasteiger partial charge in [0, 0.05) is 19.6 Å². The number of methoxy groups -OCH3 is 2. The van der Waals surface area contributed by atoms with Gasteiger partial charge in [-0.3, -0.25) is 4.90 Å². The summed E-state index contributed by atoms with van der Waals surface area (Å²) in [6.07, 6.45) is 2.51. The van der Waals surface area contributed by atoms with Gasteiger partial charge in [-0.25, -0.2) is 13.1 Å². The summed E-state index contributed by atoms with van der Waals surface area (Å²) in [5.41, 5.74) is 2.51. The maximum Gasteiger partial charge on any atom is 0.242 e. The Hall–Kier alpha value is -1.22. The zero-order valence-corrected chi connectivity index (χ0v) is 20.5. The molecule has 31 heavy (non-hydrogen) atoms. The van der Waals surface area contributed by atoms with Crippen molar-refractivity contribution in [3.8, 4) is 11.5 Å². The predicted octanol–water partition coefficient (Wildman–Crippen LogP) is 4.78. The second kappa shape index (κ2) is 10.6. The van der Waals surface area contributed by atoms with Gasteiger partial charge >= 0.3 is 0 Å². The van der Waals surface area contributed by atoms with Crippen molar-refractivity contribution >= 4 is 44.8 Å². The van der Waals surface area contributed by atoms with Gasteiger partial charge in [-0.15, -0.1) is 0 Å². The molecule has 0 spiro atoms. The summed E-state index contributed by atoms with van der Waals surface area (Å²) >= 11 is 17.9. The first-order chi connectivity index (χ1) is 14.8. The number of benzene rings is 2. The number of rotatable bonds is 9. The lowest BCUT2D eigenvalue weighted by atomic mass is 9.98. The van der Waals surface area contributed by atoms with E-state index in [1.807, 2.05) is 6.07 Å². The Kier molecular flexibility index (Phi) is 8.35. The van der Waals surface area contributed by atoms with Crippen LogP contribution in [0.2, 0.25) is 15.1 Å². The van der Waals surface area contributed by atoms with Crippen LogP contribution in [-0.2, 0) is 23.0 Å². The number of halogens is 3. The van der Waals surface area contributed by atoms with E-state index >= 15 is 0 Å². The molecule has 1 N–H and O–H groups in total. The first-order valence-electron chi connectivity index (χ1n) is 9.86. The number of nitrogens with zero attached hydrogens (tertiary/aromatic N) is 1. The molecule has 0 radical (unpaired) electrons. The Balaban J connectivity index is 1.49. The second-order valence-corrected chi connectivity index (χ2v) is 10.2.